The lowest BCUT2D eigenvalue weighted by Gasteiger charge is -2.24. The zero-order valence-corrected chi connectivity index (χ0v) is 17.7. The van der Waals surface area contributed by atoms with Gasteiger partial charge >= 0.3 is 0 Å². The zero-order chi connectivity index (χ0) is 21.9. The Morgan fingerprint density at radius 2 is 1.73 bits per heavy atom. The minimum atomic E-state index is -4.73. The van der Waals surface area contributed by atoms with E-state index in [2.05, 4.69) is 5.32 Å². The van der Waals surface area contributed by atoms with Crippen molar-refractivity contribution in [2.24, 2.45) is 5.14 Å². The SMILES string of the molecule is CN(c1ccccc1)c1cc(NCCc2ccco2)c(S(=O)(=O)O)cc1S(N)(=O)=O. The zero-order valence-electron chi connectivity index (χ0n) is 16.0. The van der Waals surface area contributed by atoms with Gasteiger partial charge in [0.1, 0.15) is 15.6 Å². The molecule has 160 valence electrons. The molecule has 0 spiro atoms. The molecule has 0 aliphatic heterocycles. The molecule has 0 aliphatic carbocycles. The summed E-state index contributed by atoms with van der Waals surface area (Å²) in [5, 5.41) is 8.26. The molecular formula is C19H21N3O6S2. The molecule has 0 saturated heterocycles. The van der Waals surface area contributed by atoms with Gasteiger partial charge in [-0.05, 0) is 36.4 Å². The molecule has 0 amide bonds. The monoisotopic (exact) mass is 451 g/mol. The van der Waals surface area contributed by atoms with Gasteiger partial charge in [-0.1, -0.05) is 18.2 Å². The summed E-state index contributed by atoms with van der Waals surface area (Å²) >= 11 is 0. The van der Waals surface area contributed by atoms with Crippen molar-refractivity contribution in [3.63, 3.8) is 0 Å². The maximum Gasteiger partial charge on any atom is 0.296 e. The average Bonchev–Trinajstić information content (AvgIpc) is 3.19. The molecular weight excluding hydrogens is 430 g/mol. The van der Waals surface area contributed by atoms with E-state index in [1.54, 1.807) is 54.4 Å². The van der Waals surface area contributed by atoms with E-state index in [4.69, 9.17) is 9.56 Å². The Labute approximate surface area is 174 Å². The van der Waals surface area contributed by atoms with Crippen molar-refractivity contribution >= 4 is 37.2 Å². The summed E-state index contributed by atoms with van der Waals surface area (Å²) in [7, 11) is -7.41. The fourth-order valence-electron chi connectivity index (χ4n) is 2.96. The van der Waals surface area contributed by atoms with Gasteiger partial charge in [-0.25, -0.2) is 13.6 Å². The molecule has 0 atom stereocenters. The lowest BCUT2D eigenvalue weighted by Crippen LogP contribution is -2.20. The number of nitrogens with zero attached hydrogens (tertiary/aromatic N) is 1. The van der Waals surface area contributed by atoms with E-state index in [0.717, 1.165) is 6.07 Å². The molecule has 0 bridgehead atoms. The summed E-state index contributed by atoms with van der Waals surface area (Å²) in [6, 6.07) is 14.6. The van der Waals surface area contributed by atoms with Crippen LogP contribution in [0.3, 0.4) is 0 Å². The number of furan rings is 1. The van der Waals surface area contributed by atoms with Crippen molar-refractivity contribution in [2.75, 3.05) is 23.8 Å². The number of hydrogen-bond acceptors (Lipinski definition) is 7. The fourth-order valence-corrected chi connectivity index (χ4v) is 4.48. The van der Waals surface area contributed by atoms with Crippen molar-refractivity contribution < 1.29 is 25.8 Å². The maximum atomic E-state index is 12.2. The van der Waals surface area contributed by atoms with E-state index in [0.29, 0.717) is 17.9 Å². The van der Waals surface area contributed by atoms with Crippen LogP contribution in [-0.4, -0.2) is 35.0 Å². The van der Waals surface area contributed by atoms with Crippen LogP contribution in [0, 0.1) is 0 Å². The van der Waals surface area contributed by atoms with Crippen LogP contribution in [-0.2, 0) is 26.6 Å². The second-order valence-electron chi connectivity index (χ2n) is 6.49. The Balaban J connectivity index is 2.09. The summed E-state index contributed by atoms with van der Waals surface area (Å²) < 4.78 is 63.1. The van der Waals surface area contributed by atoms with Crippen LogP contribution in [0.2, 0.25) is 0 Å². The number of nitrogens with two attached hydrogens (primary N) is 1. The average molecular weight is 452 g/mol. The number of benzene rings is 2. The third-order valence-corrected chi connectivity index (χ3v) is 6.25. The van der Waals surface area contributed by atoms with Gasteiger partial charge in [0.05, 0.1) is 17.6 Å². The van der Waals surface area contributed by atoms with Gasteiger partial charge in [0.25, 0.3) is 10.1 Å². The normalized spacial score (nSPS) is 12.0. The number of primary sulfonamides is 1. The number of anilines is 3. The Morgan fingerprint density at radius 1 is 1.03 bits per heavy atom. The fraction of sp³-hybridized carbons (Fsp3) is 0.158. The second kappa shape index (κ2) is 8.48. The second-order valence-corrected chi connectivity index (χ2v) is 9.41. The number of hydrogen-bond donors (Lipinski definition) is 3. The number of nitrogens with one attached hydrogen (secondary N) is 1. The minimum absolute atomic E-state index is 0.0363. The molecule has 2 aromatic carbocycles. The predicted molar refractivity (Wildman–Crippen MR) is 113 cm³/mol. The van der Waals surface area contributed by atoms with Crippen LogP contribution in [0.5, 0.6) is 0 Å². The Hall–Kier alpha value is -2.86. The maximum absolute atomic E-state index is 12.2. The molecule has 3 aromatic rings. The van der Waals surface area contributed by atoms with Gasteiger partial charge in [0.2, 0.25) is 10.0 Å². The minimum Gasteiger partial charge on any atom is -0.469 e. The first-order valence-corrected chi connectivity index (χ1v) is 11.8. The Morgan fingerprint density at radius 3 is 2.30 bits per heavy atom. The summed E-state index contributed by atoms with van der Waals surface area (Å²) in [6.45, 7) is 0.277. The molecule has 1 aromatic heterocycles. The Kier molecular flexibility index (Phi) is 6.17. The molecule has 30 heavy (non-hydrogen) atoms. The van der Waals surface area contributed by atoms with Gasteiger partial charge in [0, 0.05) is 25.7 Å². The van der Waals surface area contributed by atoms with Crippen LogP contribution < -0.4 is 15.4 Å². The number of rotatable bonds is 8. The van der Waals surface area contributed by atoms with Gasteiger partial charge in [-0.3, -0.25) is 4.55 Å². The first-order chi connectivity index (χ1) is 14.1. The van der Waals surface area contributed by atoms with E-state index in [9.17, 15) is 21.4 Å². The van der Waals surface area contributed by atoms with Crippen molar-refractivity contribution in [1.82, 2.24) is 0 Å². The number of para-hydroxylation sites is 1. The van der Waals surface area contributed by atoms with E-state index in [1.165, 1.54) is 12.3 Å². The van der Waals surface area contributed by atoms with Crippen molar-refractivity contribution in [1.29, 1.82) is 0 Å². The molecule has 0 fully saturated rings. The van der Waals surface area contributed by atoms with Crippen LogP contribution in [0.4, 0.5) is 17.1 Å². The first kappa shape index (κ1) is 21.8. The van der Waals surface area contributed by atoms with Crippen molar-refractivity contribution in [2.45, 2.75) is 16.2 Å². The topological polar surface area (TPSA) is 143 Å². The highest BCUT2D eigenvalue weighted by Crippen LogP contribution is 2.36. The molecule has 4 N–H and O–H groups in total. The third-order valence-electron chi connectivity index (χ3n) is 4.42. The molecule has 1 heterocycles. The van der Waals surface area contributed by atoms with Crippen LogP contribution in [0.25, 0.3) is 0 Å². The van der Waals surface area contributed by atoms with Crippen LogP contribution in [0.15, 0.2) is 75.1 Å². The highest BCUT2D eigenvalue weighted by Gasteiger charge is 2.25. The van der Waals surface area contributed by atoms with E-state index >= 15 is 0 Å². The lowest BCUT2D eigenvalue weighted by atomic mass is 10.2. The summed E-state index contributed by atoms with van der Waals surface area (Å²) in [6.07, 6.45) is 1.96. The molecule has 11 heteroatoms. The quantitative estimate of drug-likeness (QED) is 0.444. The smallest absolute Gasteiger partial charge is 0.296 e. The van der Waals surface area contributed by atoms with Gasteiger partial charge in [-0.15, -0.1) is 0 Å². The van der Waals surface area contributed by atoms with Crippen LogP contribution in [0.1, 0.15) is 5.76 Å². The predicted octanol–water partition coefficient (Wildman–Crippen LogP) is 2.60. The summed E-state index contributed by atoms with van der Waals surface area (Å²) in [4.78, 5) is 0.542. The Bertz CT molecular complexity index is 1220. The summed E-state index contributed by atoms with van der Waals surface area (Å²) in [5.41, 5.74) is 0.842. The summed E-state index contributed by atoms with van der Waals surface area (Å²) in [5.74, 6) is 0.679. The van der Waals surface area contributed by atoms with E-state index in [1.807, 2.05) is 0 Å². The van der Waals surface area contributed by atoms with Gasteiger partial charge in [-0.2, -0.15) is 8.42 Å². The molecule has 0 unspecified atom stereocenters. The van der Waals surface area contributed by atoms with Gasteiger partial charge in [0.15, 0.2) is 0 Å². The molecule has 3 rings (SSSR count). The molecule has 0 aliphatic rings. The van der Waals surface area contributed by atoms with E-state index < -0.39 is 29.9 Å². The highest BCUT2D eigenvalue weighted by atomic mass is 32.2. The van der Waals surface area contributed by atoms with Gasteiger partial charge < -0.3 is 14.6 Å². The highest BCUT2D eigenvalue weighted by molar-refractivity contribution is 7.89. The molecule has 9 nitrogen and oxygen atoms in total. The molecule has 0 radical (unpaired) electrons. The van der Waals surface area contributed by atoms with Crippen molar-refractivity contribution in [3.05, 3.63) is 66.6 Å². The number of sulfonamides is 1. The van der Waals surface area contributed by atoms with E-state index in [-0.39, 0.29) is 17.9 Å². The first-order valence-electron chi connectivity index (χ1n) is 8.81. The third kappa shape index (κ3) is 5.00. The standard InChI is InChI=1S/C19H21N3O6S2/c1-22(14-6-3-2-4-7-14)17-12-16(21-10-9-15-8-5-11-28-15)18(30(25,26)27)13-19(17)29(20,23)24/h2-8,11-13,21H,9-10H2,1H3,(H2,20,23,24)(H,25,26,27). The van der Waals surface area contributed by atoms with Crippen LogP contribution >= 0.6 is 0 Å². The lowest BCUT2D eigenvalue weighted by molar-refractivity contribution is 0.483. The van der Waals surface area contributed by atoms with Crippen molar-refractivity contribution in [3.8, 4) is 0 Å². The molecule has 0 saturated carbocycles. The largest absolute Gasteiger partial charge is 0.469 e.